The van der Waals surface area contributed by atoms with Crippen molar-refractivity contribution in [2.75, 3.05) is 21.1 Å². The number of nitrogens with zero attached hydrogens (tertiary/aromatic N) is 2. The topological polar surface area (TPSA) is 39.2 Å². The lowest BCUT2D eigenvalue weighted by Gasteiger charge is -2.23. The fraction of sp³-hybridized carbons (Fsp3) is 0.455. The van der Waals surface area contributed by atoms with Gasteiger partial charge >= 0.3 is 5.97 Å². The summed E-state index contributed by atoms with van der Waals surface area (Å²) in [6, 6.07) is 3.52. The first-order chi connectivity index (χ1) is 6.88. The summed E-state index contributed by atoms with van der Waals surface area (Å²) in [4.78, 5) is 15.1. The number of carbonyl (C=O) groups excluding carboxylic acids is 1. The summed E-state index contributed by atoms with van der Waals surface area (Å²) in [5.41, 5.74) is 0.806. The lowest BCUT2D eigenvalue weighted by Crippen LogP contribution is -2.34. The van der Waals surface area contributed by atoms with Crippen molar-refractivity contribution in [1.82, 2.24) is 4.98 Å². The van der Waals surface area contributed by atoms with E-state index in [1.54, 1.807) is 18.3 Å². The maximum absolute atomic E-state index is 10.9. The lowest BCUT2D eigenvalue weighted by molar-refractivity contribution is -0.884. The predicted molar refractivity (Wildman–Crippen MR) is 57.3 cm³/mol. The fourth-order valence-electron chi connectivity index (χ4n) is 1.24. The molecule has 0 aliphatic rings. The standard InChI is InChI=1S/C11H17N2O2/c1-9(14)15-11-6-5-7-12-10(11)8-13(2,3)4/h5-7H,8H2,1-4H3/q+1. The number of rotatable bonds is 3. The molecule has 0 aromatic carbocycles. The number of quaternary nitrogens is 1. The van der Waals surface area contributed by atoms with Crippen LogP contribution in [0.3, 0.4) is 0 Å². The summed E-state index contributed by atoms with van der Waals surface area (Å²) < 4.78 is 5.82. The molecule has 4 heteroatoms. The molecule has 0 fully saturated rings. The normalized spacial score (nSPS) is 11.2. The molecule has 1 rings (SSSR count). The van der Waals surface area contributed by atoms with Crippen molar-refractivity contribution in [3.8, 4) is 5.75 Å². The summed E-state index contributed by atoms with van der Waals surface area (Å²) in [6.45, 7) is 2.12. The van der Waals surface area contributed by atoms with Crippen molar-refractivity contribution in [1.29, 1.82) is 0 Å². The fourth-order valence-corrected chi connectivity index (χ4v) is 1.24. The minimum Gasteiger partial charge on any atom is -0.425 e. The van der Waals surface area contributed by atoms with Gasteiger partial charge in [-0.25, -0.2) is 0 Å². The molecule has 4 nitrogen and oxygen atoms in total. The Morgan fingerprint density at radius 1 is 1.47 bits per heavy atom. The van der Waals surface area contributed by atoms with E-state index in [1.807, 2.05) is 0 Å². The van der Waals surface area contributed by atoms with Gasteiger partial charge in [0.2, 0.25) is 0 Å². The SMILES string of the molecule is CC(=O)Oc1cccnc1C[N+](C)(C)C. The average molecular weight is 209 g/mol. The molecule has 1 aromatic heterocycles. The minimum atomic E-state index is -0.314. The first-order valence-electron chi connectivity index (χ1n) is 4.81. The zero-order chi connectivity index (χ0) is 11.5. The van der Waals surface area contributed by atoms with E-state index in [-0.39, 0.29) is 5.97 Å². The third-order valence-electron chi connectivity index (χ3n) is 1.73. The molecular formula is C11H17N2O2+. The smallest absolute Gasteiger partial charge is 0.308 e. The van der Waals surface area contributed by atoms with E-state index in [0.29, 0.717) is 5.75 Å². The molecule has 0 aliphatic carbocycles. The highest BCUT2D eigenvalue weighted by Gasteiger charge is 2.15. The molecule has 0 aliphatic heterocycles. The molecule has 1 heterocycles. The Kier molecular flexibility index (Phi) is 3.42. The van der Waals surface area contributed by atoms with Crippen LogP contribution in [-0.4, -0.2) is 36.6 Å². The van der Waals surface area contributed by atoms with Gasteiger partial charge in [0, 0.05) is 13.1 Å². The Labute approximate surface area is 90.1 Å². The molecule has 82 valence electrons. The van der Waals surface area contributed by atoms with Gasteiger partial charge in [-0.1, -0.05) is 0 Å². The second-order valence-corrected chi connectivity index (χ2v) is 4.49. The van der Waals surface area contributed by atoms with E-state index in [2.05, 4.69) is 26.1 Å². The Balaban J connectivity index is 2.91. The summed E-state index contributed by atoms with van der Waals surface area (Å²) in [5.74, 6) is 0.240. The summed E-state index contributed by atoms with van der Waals surface area (Å²) >= 11 is 0. The van der Waals surface area contributed by atoms with Gasteiger partial charge < -0.3 is 9.22 Å². The lowest BCUT2D eigenvalue weighted by atomic mass is 10.3. The van der Waals surface area contributed by atoms with Crippen molar-refractivity contribution < 1.29 is 14.0 Å². The highest BCUT2D eigenvalue weighted by Crippen LogP contribution is 2.18. The molecule has 0 atom stereocenters. The van der Waals surface area contributed by atoms with Crippen LogP contribution < -0.4 is 4.74 Å². The number of hydrogen-bond acceptors (Lipinski definition) is 3. The van der Waals surface area contributed by atoms with Crippen molar-refractivity contribution in [3.63, 3.8) is 0 Å². The van der Waals surface area contributed by atoms with E-state index in [9.17, 15) is 4.79 Å². The van der Waals surface area contributed by atoms with Crippen LogP contribution in [-0.2, 0) is 11.3 Å². The summed E-state index contributed by atoms with van der Waals surface area (Å²) in [5, 5.41) is 0. The van der Waals surface area contributed by atoms with Crippen LogP contribution in [0.25, 0.3) is 0 Å². The molecule has 0 bridgehead atoms. The maximum atomic E-state index is 10.9. The van der Waals surface area contributed by atoms with Gasteiger partial charge in [-0.2, -0.15) is 0 Å². The number of hydrogen-bond donors (Lipinski definition) is 0. The van der Waals surface area contributed by atoms with Gasteiger partial charge in [-0.3, -0.25) is 9.78 Å². The molecule has 0 saturated heterocycles. The van der Waals surface area contributed by atoms with Crippen LogP contribution in [0, 0.1) is 0 Å². The van der Waals surface area contributed by atoms with E-state index >= 15 is 0 Å². The van der Waals surface area contributed by atoms with Crippen LogP contribution in [0.1, 0.15) is 12.6 Å². The zero-order valence-electron chi connectivity index (χ0n) is 9.65. The van der Waals surface area contributed by atoms with Crippen molar-refractivity contribution in [2.45, 2.75) is 13.5 Å². The van der Waals surface area contributed by atoms with Crippen molar-refractivity contribution >= 4 is 5.97 Å². The number of carbonyl (C=O) groups is 1. The Morgan fingerprint density at radius 2 is 2.13 bits per heavy atom. The highest BCUT2D eigenvalue weighted by atomic mass is 16.5. The van der Waals surface area contributed by atoms with E-state index < -0.39 is 0 Å². The third-order valence-corrected chi connectivity index (χ3v) is 1.73. The van der Waals surface area contributed by atoms with E-state index in [4.69, 9.17) is 4.74 Å². The molecule has 1 aromatic rings. The summed E-state index contributed by atoms with van der Waals surface area (Å²) in [6.07, 6.45) is 1.71. The quantitative estimate of drug-likeness (QED) is 0.555. The Bertz CT molecular complexity index is 356. The molecule has 0 N–H and O–H groups in total. The van der Waals surface area contributed by atoms with E-state index in [0.717, 1.165) is 16.7 Å². The Morgan fingerprint density at radius 3 is 2.67 bits per heavy atom. The predicted octanol–water partition coefficient (Wildman–Crippen LogP) is 1.21. The van der Waals surface area contributed by atoms with Crippen molar-refractivity contribution in [3.05, 3.63) is 24.0 Å². The monoisotopic (exact) mass is 209 g/mol. The molecule has 0 amide bonds. The molecule has 0 spiro atoms. The number of esters is 1. The number of pyridine rings is 1. The zero-order valence-corrected chi connectivity index (χ0v) is 9.65. The Hall–Kier alpha value is -1.42. The average Bonchev–Trinajstić information content (AvgIpc) is 2.05. The second kappa shape index (κ2) is 4.40. The largest absolute Gasteiger partial charge is 0.425 e. The van der Waals surface area contributed by atoms with Crippen LogP contribution in [0.4, 0.5) is 0 Å². The van der Waals surface area contributed by atoms with Crippen LogP contribution >= 0.6 is 0 Å². The number of aromatic nitrogens is 1. The van der Waals surface area contributed by atoms with Gasteiger partial charge in [0.1, 0.15) is 12.2 Å². The van der Waals surface area contributed by atoms with Crippen LogP contribution in [0.15, 0.2) is 18.3 Å². The summed E-state index contributed by atoms with van der Waals surface area (Å²) in [7, 11) is 6.19. The van der Waals surface area contributed by atoms with E-state index in [1.165, 1.54) is 6.92 Å². The van der Waals surface area contributed by atoms with Gasteiger partial charge in [0.05, 0.1) is 21.1 Å². The second-order valence-electron chi connectivity index (χ2n) is 4.49. The molecule has 0 unspecified atom stereocenters. The minimum absolute atomic E-state index is 0.314. The van der Waals surface area contributed by atoms with Crippen LogP contribution in [0.5, 0.6) is 5.75 Å². The molecule has 0 saturated carbocycles. The number of ether oxygens (including phenoxy) is 1. The molecular weight excluding hydrogens is 192 g/mol. The van der Waals surface area contributed by atoms with Gasteiger partial charge in [-0.05, 0) is 12.1 Å². The molecule has 15 heavy (non-hydrogen) atoms. The van der Waals surface area contributed by atoms with Crippen LogP contribution in [0.2, 0.25) is 0 Å². The first-order valence-corrected chi connectivity index (χ1v) is 4.81. The third kappa shape index (κ3) is 4.08. The highest BCUT2D eigenvalue weighted by molar-refractivity contribution is 5.69. The maximum Gasteiger partial charge on any atom is 0.308 e. The first kappa shape index (κ1) is 11.7. The van der Waals surface area contributed by atoms with Crippen molar-refractivity contribution in [2.24, 2.45) is 0 Å². The molecule has 0 radical (unpaired) electrons. The van der Waals surface area contributed by atoms with Gasteiger partial charge in [0.25, 0.3) is 0 Å². The van der Waals surface area contributed by atoms with Gasteiger partial charge in [-0.15, -0.1) is 0 Å². The van der Waals surface area contributed by atoms with Gasteiger partial charge in [0.15, 0.2) is 5.75 Å².